The van der Waals surface area contributed by atoms with E-state index in [-0.39, 0.29) is 57.1 Å². The number of carboxylic acids is 2. The fraction of sp³-hybridized carbons (Fsp3) is 0.647. The number of nitrogens with zero attached hydrogens (tertiary/aromatic N) is 2. The molecule has 15 heteroatoms. The molecule has 0 aromatic carbocycles. The van der Waals surface area contributed by atoms with Crippen molar-refractivity contribution in [3.8, 4) is 0 Å². The average Bonchev–Trinajstić information content (AvgIpc) is 2.69. The molecule has 0 radical (unpaired) electrons. The van der Waals surface area contributed by atoms with Crippen LogP contribution in [0.5, 0.6) is 0 Å². The first-order chi connectivity index (χ1) is 14.9. The minimum absolute atomic E-state index is 0.0463. The smallest absolute Gasteiger partial charge is 0.326 e. The van der Waals surface area contributed by atoms with Gasteiger partial charge in [-0.25, -0.2) is 4.79 Å². The second kappa shape index (κ2) is 15.2. The highest BCUT2D eigenvalue weighted by Gasteiger charge is 2.27. The SMILES string of the molecule is NC(N)=NCCC[C@H](NC(=O)[C@H](CCCN=C(N)N)NC(=O)[C@@H](N)CCC(=O)O)C(=O)O. The molecule has 0 spiro atoms. The van der Waals surface area contributed by atoms with Crippen LogP contribution in [-0.4, -0.2) is 77.1 Å². The highest BCUT2D eigenvalue weighted by Crippen LogP contribution is 2.05. The van der Waals surface area contributed by atoms with Crippen LogP contribution in [0.4, 0.5) is 0 Å². The minimum atomic E-state index is -1.27. The van der Waals surface area contributed by atoms with E-state index in [4.69, 9.17) is 33.8 Å². The first kappa shape index (κ1) is 28.4. The molecule has 14 N–H and O–H groups in total. The van der Waals surface area contributed by atoms with Crippen LogP contribution in [0.15, 0.2) is 9.98 Å². The van der Waals surface area contributed by atoms with Crippen molar-refractivity contribution in [2.45, 2.75) is 56.7 Å². The quantitative estimate of drug-likeness (QED) is 0.0615. The molecule has 0 saturated carbocycles. The summed E-state index contributed by atoms with van der Waals surface area (Å²) in [7, 11) is 0. The van der Waals surface area contributed by atoms with Gasteiger partial charge < -0.3 is 49.5 Å². The molecule has 182 valence electrons. The van der Waals surface area contributed by atoms with Gasteiger partial charge in [-0.1, -0.05) is 0 Å². The lowest BCUT2D eigenvalue weighted by molar-refractivity contribution is -0.142. The third-order valence-electron chi connectivity index (χ3n) is 4.14. The van der Waals surface area contributed by atoms with E-state index in [0.717, 1.165) is 0 Å². The van der Waals surface area contributed by atoms with Crippen LogP contribution in [0.3, 0.4) is 0 Å². The number of amides is 2. The third kappa shape index (κ3) is 13.6. The summed E-state index contributed by atoms with van der Waals surface area (Å²) in [5.41, 5.74) is 26.6. The molecule has 0 aliphatic rings. The van der Waals surface area contributed by atoms with Crippen LogP contribution in [-0.2, 0) is 19.2 Å². The van der Waals surface area contributed by atoms with E-state index in [9.17, 15) is 24.3 Å². The van der Waals surface area contributed by atoms with Crippen molar-refractivity contribution in [3.05, 3.63) is 0 Å². The fourth-order valence-electron chi connectivity index (χ4n) is 2.49. The molecule has 0 aliphatic carbocycles. The Bertz CT molecular complexity index is 705. The van der Waals surface area contributed by atoms with Crippen molar-refractivity contribution in [2.75, 3.05) is 13.1 Å². The highest BCUT2D eigenvalue weighted by atomic mass is 16.4. The lowest BCUT2D eigenvalue weighted by atomic mass is 10.1. The van der Waals surface area contributed by atoms with Crippen LogP contribution < -0.4 is 39.3 Å². The summed E-state index contributed by atoms with van der Waals surface area (Å²) in [6, 6.07) is -3.53. The second-order valence-electron chi connectivity index (χ2n) is 6.90. The van der Waals surface area contributed by atoms with Gasteiger partial charge in [0.15, 0.2) is 11.9 Å². The van der Waals surface area contributed by atoms with Gasteiger partial charge in [0, 0.05) is 19.5 Å². The largest absolute Gasteiger partial charge is 0.481 e. The maximum atomic E-state index is 12.7. The molecule has 0 bridgehead atoms. The second-order valence-corrected chi connectivity index (χ2v) is 6.90. The lowest BCUT2D eigenvalue weighted by Gasteiger charge is -2.22. The van der Waals surface area contributed by atoms with Crippen molar-refractivity contribution in [2.24, 2.45) is 38.7 Å². The average molecular weight is 460 g/mol. The number of hydrogen-bond donors (Lipinski definition) is 9. The van der Waals surface area contributed by atoms with Crippen LogP contribution in [0.2, 0.25) is 0 Å². The van der Waals surface area contributed by atoms with Gasteiger partial charge in [-0.15, -0.1) is 0 Å². The van der Waals surface area contributed by atoms with Crippen molar-refractivity contribution in [1.29, 1.82) is 0 Å². The fourth-order valence-corrected chi connectivity index (χ4v) is 2.49. The number of nitrogens with two attached hydrogens (primary N) is 5. The van der Waals surface area contributed by atoms with E-state index in [1.807, 2.05) is 0 Å². The van der Waals surface area contributed by atoms with Crippen LogP contribution in [0.25, 0.3) is 0 Å². The van der Waals surface area contributed by atoms with Crippen LogP contribution in [0, 0.1) is 0 Å². The number of carbonyl (C=O) groups is 4. The Morgan fingerprint density at radius 1 is 0.750 bits per heavy atom. The highest BCUT2D eigenvalue weighted by molar-refractivity contribution is 5.91. The van der Waals surface area contributed by atoms with Crippen LogP contribution >= 0.6 is 0 Å². The van der Waals surface area contributed by atoms with E-state index in [1.165, 1.54) is 0 Å². The van der Waals surface area contributed by atoms with E-state index < -0.39 is 41.9 Å². The monoisotopic (exact) mass is 459 g/mol. The molecule has 0 unspecified atom stereocenters. The van der Waals surface area contributed by atoms with Crippen LogP contribution in [0.1, 0.15) is 38.5 Å². The van der Waals surface area contributed by atoms with Gasteiger partial charge in [-0.05, 0) is 32.1 Å². The van der Waals surface area contributed by atoms with Gasteiger partial charge in [0.25, 0.3) is 0 Å². The Labute approximate surface area is 184 Å². The summed E-state index contributed by atoms with van der Waals surface area (Å²) in [4.78, 5) is 54.6. The number of nitrogens with one attached hydrogen (secondary N) is 2. The molecule has 0 aromatic rings. The van der Waals surface area contributed by atoms with Crippen molar-refractivity contribution in [3.63, 3.8) is 0 Å². The molecule has 32 heavy (non-hydrogen) atoms. The molecule has 0 fully saturated rings. The number of hydrogen-bond acceptors (Lipinski definition) is 7. The van der Waals surface area contributed by atoms with Gasteiger partial charge in [0.05, 0.1) is 6.04 Å². The number of guanidine groups is 2. The summed E-state index contributed by atoms with van der Waals surface area (Å²) < 4.78 is 0. The van der Waals surface area contributed by atoms with Gasteiger partial charge in [-0.2, -0.15) is 0 Å². The Hall–Kier alpha value is -3.62. The molecular weight excluding hydrogens is 426 g/mol. The zero-order chi connectivity index (χ0) is 24.7. The molecule has 15 nitrogen and oxygen atoms in total. The van der Waals surface area contributed by atoms with E-state index >= 15 is 0 Å². The van der Waals surface area contributed by atoms with Gasteiger partial charge >= 0.3 is 11.9 Å². The molecule has 0 saturated heterocycles. The van der Waals surface area contributed by atoms with E-state index in [0.29, 0.717) is 6.42 Å². The number of aliphatic imine (C=N–C) groups is 2. The summed E-state index contributed by atoms with van der Waals surface area (Å²) in [6.07, 6.45) is 0.253. The Morgan fingerprint density at radius 2 is 1.22 bits per heavy atom. The zero-order valence-corrected chi connectivity index (χ0v) is 17.7. The molecule has 0 rings (SSSR count). The zero-order valence-electron chi connectivity index (χ0n) is 17.7. The standard InChI is InChI=1S/C17H33N9O6/c18-9(5-6-12(27)28)13(29)25-10(3-1-7-23-16(19)20)14(30)26-11(15(31)32)4-2-8-24-17(21)22/h9-11H,1-8,18H2,(H,25,29)(H,26,30)(H,27,28)(H,31,32)(H4,19,20,23)(H4,21,22,24)/t9-,10-,11-/m0/s1. The Morgan fingerprint density at radius 3 is 1.66 bits per heavy atom. The normalized spacial score (nSPS) is 13.2. The van der Waals surface area contributed by atoms with E-state index in [1.54, 1.807) is 0 Å². The van der Waals surface area contributed by atoms with Gasteiger partial charge in [0.2, 0.25) is 11.8 Å². The Kier molecular flexibility index (Phi) is 13.5. The number of aliphatic carboxylic acids is 2. The summed E-state index contributed by atoms with van der Waals surface area (Å²) in [6.45, 7) is 0.354. The van der Waals surface area contributed by atoms with Crippen molar-refractivity contribution in [1.82, 2.24) is 10.6 Å². The third-order valence-corrected chi connectivity index (χ3v) is 4.14. The molecule has 0 heterocycles. The molecule has 3 atom stereocenters. The number of rotatable bonds is 16. The van der Waals surface area contributed by atoms with Gasteiger partial charge in [0.1, 0.15) is 12.1 Å². The summed E-state index contributed by atoms with van der Waals surface area (Å²) in [5.74, 6) is -4.16. The summed E-state index contributed by atoms with van der Waals surface area (Å²) in [5, 5.41) is 22.9. The first-order valence-electron chi connectivity index (χ1n) is 9.85. The molecule has 0 aromatic heterocycles. The first-order valence-corrected chi connectivity index (χ1v) is 9.85. The van der Waals surface area contributed by atoms with Gasteiger partial charge in [-0.3, -0.25) is 24.4 Å². The molecule has 0 aliphatic heterocycles. The molecule has 2 amide bonds. The predicted octanol–water partition coefficient (Wildman–Crippen LogP) is -3.66. The maximum absolute atomic E-state index is 12.7. The predicted molar refractivity (Wildman–Crippen MR) is 116 cm³/mol. The van der Waals surface area contributed by atoms with Crippen molar-refractivity contribution >= 4 is 35.7 Å². The van der Waals surface area contributed by atoms with Crippen molar-refractivity contribution < 1.29 is 29.4 Å². The lowest BCUT2D eigenvalue weighted by Crippen LogP contribution is -2.54. The molecular formula is C17H33N9O6. The topological polar surface area (TPSA) is 288 Å². The Balaban J connectivity index is 5.13. The summed E-state index contributed by atoms with van der Waals surface area (Å²) >= 11 is 0. The maximum Gasteiger partial charge on any atom is 0.326 e. The number of carbonyl (C=O) groups excluding carboxylic acids is 2. The number of carboxylic acid groups (broad SMARTS) is 2. The minimum Gasteiger partial charge on any atom is -0.481 e. The van der Waals surface area contributed by atoms with E-state index in [2.05, 4.69) is 20.6 Å².